The number of morpholine rings is 1. The molecule has 1 fully saturated rings. The zero-order chi connectivity index (χ0) is 17.6. The second-order valence-electron chi connectivity index (χ2n) is 5.84. The van der Waals surface area contributed by atoms with E-state index in [4.69, 9.17) is 10.5 Å². The van der Waals surface area contributed by atoms with Gasteiger partial charge in [-0.2, -0.15) is 0 Å². The van der Waals surface area contributed by atoms with Crippen LogP contribution in [-0.4, -0.2) is 47.4 Å². The van der Waals surface area contributed by atoms with E-state index >= 15 is 0 Å². The molecule has 1 aromatic heterocycles. The Hall–Kier alpha value is -2.23. The fourth-order valence-corrected chi connectivity index (χ4v) is 3.23. The van der Waals surface area contributed by atoms with Gasteiger partial charge in [-0.05, 0) is 18.6 Å². The summed E-state index contributed by atoms with van der Waals surface area (Å²) in [6.07, 6.45) is 0. The molecule has 3 rings (SSSR count). The van der Waals surface area contributed by atoms with Gasteiger partial charge in [-0.3, -0.25) is 4.90 Å². The Morgan fingerprint density at radius 2 is 2.12 bits per heavy atom. The van der Waals surface area contributed by atoms with Crippen LogP contribution >= 0.6 is 11.3 Å². The van der Waals surface area contributed by atoms with Gasteiger partial charge in [0.2, 0.25) is 5.13 Å². The number of para-hydroxylation sites is 1. The van der Waals surface area contributed by atoms with Gasteiger partial charge in [0.15, 0.2) is 0 Å². The van der Waals surface area contributed by atoms with E-state index in [1.165, 1.54) is 11.3 Å². The van der Waals surface area contributed by atoms with Crippen molar-refractivity contribution in [2.45, 2.75) is 19.5 Å². The van der Waals surface area contributed by atoms with Crippen molar-refractivity contribution in [1.82, 2.24) is 20.4 Å². The van der Waals surface area contributed by atoms with Gasteiger partial charge in [-0.25, -0.2) is 4.79 Å². The van der Waals surface area contributed by atoms with Crippen molar-refractivity contribution in [3.05, 3.63) is 34.8 Å². The van der Waals surface area contributed by atoms with Gasteiger partial charge in [0.1, 0.15) is 5.01 Å². The number of anilines is 2. The van der Waals surface area contributed by atoms with E-state index in [1.54, 1.807) is 0 Å². The number of carbonyl (C=O) groups is 1. The topological polar surface area (TPSA) is 105 Å². The van der Waals surface area contributed by atoms with Gasteiger partial charge in [0.25, 0.3) is 0 Å². The average molecular weight is 362 g/mol. The second-order valence-corrected chi connectivity index (χ2v) is 6.89. The Morgan fingerprint density at radius 1 is 1.36 bits per heavy atom. The van der Waals surface area contributed by atoms with Crippen LogP contribution in [0.25, 0.3) is 0 Å². The van der Waals surface area contributed by atoms with Crippen molar-refractivity contribution >= 4 is 28.2 Å². The van der Waals surface area contributed by atoms with Crippen LogP contribution in [0.15, 0.2) is 24.3 Å². The minimum Gasteiger partial charge on any atom is -0.379 e. The SMILES string of the molecule is CC(NC(=O)Nc1ccccc1CN1CCOCC1)c1nnc(N)s1. The summed E-state index contributed by atoms with van der Waals surface area (Å²) in [6.45, 7) is 5.92. The second kappa shape index (κ2) is 8.24. The highest BCUT2D eigenvalue weighted by molar-refractivity contribution is 7.15. The van der Waals surface area contributed by atoms with Gasteiger partial charge < -0.3 is 21.1 Å². The Morgan fingerprint density at radius 3 is 2.84 bits per heavy atom. The van der Waals surface area contributed by atoms with E-state index in [1.807, 2.05) is 31.2 Å². The molecule has 9 heteroatoms. The molecule has 8 nitrogen and oxygen atoms in total. The third kappa shape index (κ3) is 4.88. The number of hydrogen-bond donors (Lipinski definition) is 3. The minimum atomic E-state index is -0.282. The number of nitrogens with one attached hydrogen (secondary N) is 2. The van der Waals surface area contributed by atoms with Crippen LogP contribution in [0.2, 0.25) is 0 Å². The van der Waals surface area contributed by atoms with Crippen LogP contribution in [0, 0.1) is 0 Å². The van der Waals surface area contributed by atoms with Crippen molar-refractivity contribution in [3.8, 4) is 0 Å². The van der Waals surface area contributed by atoms with E-state index in [0.29, 0.717) is 10.1 Å². The number of hydrogen-bond acceptors (Lipinski definition) is 7. The fraction of sp³-hybridized carbons (Fsp3) is 0.438. The van der Waals surface area contributed by atoms with E-state index in [-0.39, 0.29) is 12.1 Å². The number of aromatic nitrogens is 2. The molecule has 134 valence electrons. The Labute approximate surface area is 150 Å². The van der Waals surface area contributed by atoms with Gasteiger partial charge in [-0.15, -0.1) is 10.2 Å². The van der Waals surface area contributed by atoms with Crippen molar-refractivity contribution in [2.24, 2.45) is 0 Å². The monoisotopic (exact) mass is 362 g/mol. The van der Waals surface area contributed by atoms with Gasteiger partial charge in [-0.1, -0.05) is 29.5 Å². The number of benzene rings is 1. The van der Waals surface area contributed by atoms with Crippen molar-refractivity contribution in [1.29, 1.82) is 0 Å². The molecule has 1 aromatic carbocycles. The Bertz CT molecular complexity index is 716. The normalized spacial score (nSPS) is 16.4. The minimum absolute atomic E-state index is 0.263. The number of urea groups is 1. The lowest BCUT2D eigenvalue weighted by molar-refractivity contribution is 0.0343. The summed E-state index contributed by atoms with van der Waals surface area (Å²) < 4.78 is 5.38. The first kappa shape index (κ1) is 17.6. The third-order valence-corrected chi connectivity index (χ3v) is 4.87. The number of carbonyl (C=O) groups excluding carboxylic acids is 1. The first-order valence-electron chi connectivity index (χ1n) is 8.16. The largest absolute Gasteiger partial charge is 0.379 e. The smallest absolute Gasteiger partial charge is 0.319 e. The Balaban J connectivity index is 1.60. The quantitative estimate of drug-likeness (QED) is 0.749. The first-order chi connectivity index (χ1) is 12.1. The molecule has 2 aromatic rings. The van der Waals surface area contributed by atoms with Gasteiger partial charge >= 0.3 is 6.03 Å². The van der Waals surface area contributed by atoms with E-state index in [9.17, 15) is 4.79 Å². The predicted octanol–water partition coefficient (Wildman–Crippen LogP) is 1.84. The van der Waals surface area contributed by atoms with Gasteiger partial charge in [0, 0.05) is 25.3 Å². The maximum Gasteiger partial charge on any atom is 0.319 e. The van der Waals surface area contributed by atoms with E-state index in [0.717, 1.165) is 44.1 Å². The standard InChI is InChI=1S/C16H22N6O2S/c1-11(14-20-21-15(17)25-14)18-16(23)19-13-5-3-2-4-12(13)10-22-6-8-24-9-7-22/h2-5,11H,6-10H2,1H3,(H2,17,21)(H2,18,19,23). The molecule has 1 aliphatic rings. The molecular weight excluding hydrogens is 340 g/mol. The fourth-order valence-electron chi connectivity index (χ4n) is 2.62. The molecule has 1 unspecified atom stereocenters. The molecule has 0 aliphatic carbocycles. The summed E-state index contributed by atoms with van der Waals surface area (Å²) in [4.78, 5) is 14.6. The van der Waals surface area contributed by atoms with Crippen LogP contribution in [0.1, 0.15) is 23.5 Å². The third-order valence-electron chi connectivity index (χ3n) is 3.94. The first-order valence-corrected chi connectivity index (χ1v) is 8.98. The zero-order valence-electron chi connectivity index (χ0n) is 14.1. The lowest BCUT2D eigenvalue weighted by Gasteiger charge is -2.27. The van der Waals surface area contributed by atoms with Crippen LogP contribution in [0.3, 0.4) is 0 Å². The van der Waals surface area contributed by atoms with Crippen LogP contribution in [0.4, 0.5) is 15.6 Å². The van der Waals surface area contributed by atoms with Crippen LogP contribution in [0.5, 0.6) is 0 Å². The highest BCUT2D eigenvalue weighted by Crippen LogP contribution is 2.20. The lowest BCUT2D eigenvalue weighted by atomic mass is 10.1. The highest BCUT2D eigenvalue weighted by Gasteiger charge is 2.16. The summed E-state index contributed by atoms with van der Waals surface area (Å²) in [5, 5.41) is 14.6. The maximum atomic E-state index is 12.3. The number of nitrogens with two attached hydrogens (primary N) is 1. The molecule has 25 heavy (non-hydrogen) atoms. The summed E-state index contributed by atoms with van der Waals surface area (Å²) in [5.41, 5.74) is 7.46. The average Bonchev–Trinajstić information content (AvgIpc) is 3.04. The molecule has 0 bridgehead atoms. The molecule has 2 heterocycles. The number of nitrogens with zero attached hydrogens (tertiary/aromatic N) is 3. The summed E-state index contributed by atoms with van der Waals surface area (Å²) in [6, 6.07) is 7.28. The summed E-state index contributed by atoms with van der Waals surface area (Å²) in [7, 11) is 0. The maximum absolute atomic E-state index is 12.3. The van der Waals surface area contributed by atoms with Crippen molar-refractivity contribution < 1.29 is 9.53 Å². The van der Waals surface area contributed by atoms with Crippen molar-refractivity contribution in [3.63, 3.8) is 0 Å². The molecule has 4 N–H and O–H groups in total. The van der Waals surface area contributed by atoms with Crippen molar-refractivity contribution in [2.75, 3.05) is 37.4 Å². The molecule has 1 aliphatic heterocycles. The molecule has 1 saturated heterocycles. The molecule has 0 saturated carbocycles. The highest BCUT2D eigenvalue weighted by atomic mass is 32.1. The number of nitrogen functional groups attached to an aromatic ring is 1. The van der Waals surface area contributed by atoms with E-state index < -0.39 is 0 Å². The Kier molecular flexibility index (Phi) is 5.79. The zero-order valence-corrected chi connectivity index (χ0v) is 14.9. The predicted molar refractivity (Wildman–Crippen MR) is 97.4 cm³/mol. The molecular formula is C16H22N6O2S. The molecule has 2 amide bonds. The molecule has 0 radical (unpaired) electrons. The van der Waals surface area contributed by atoms with Crippen LogP contribution in [-0.2, 0) is 11.3 Å². The lowest BCUT2D eigenvalue weighted by Crippen LogP contribution is -2.36. The van der Waals surface area contributed by atoms with E-state index in [2.05, 4.69) is 25.7 Å². The summed E-state index contributed by atoms with van der Waals surface area (Å²) >= 11 is 1.27. The molecule has 1 atom stereocenters. The number of ether oxygens (including phenoxy) is 1. The number of rotatable bonds is 5. The molecule has 0 spiro atoms. The number of amides is 2. The van der Waals surface area contributed by atoms with Crippen LogP contribution < -0.4 is 16.4 Å². The van der Waals surface area contributed by atoms with Gasteiger partial charge in [0.05, 0.1) is 19.3 Å². The summed E-state index contributed by atoms with van der Waals surface area (Å²) in [5.74, 6) is 0.